The molecule has 0 saturated carbocycles. The van der Waals surface area contributed by atoms with Crippen LogP contribution in [0.2, 0.25) is 0 Å². The van der Waals surface area contributed by atoms with Gasteiger partial charge in [0.05, 0.1) is 18.1 Å². The largest absolute Gasteiger partial charge is 0.371 e. The predicted octanol–water partition coefficient (Wildman–Crippen LogP) is 2.17. The van der Waals surface area contributed by atoms with E-state index < -0.39 is 10.7 Å². The van der Waals surface area contributed by atoms with Crippen molar-refractivity contribution in [3.8, 4) is 0 Å². The first-order valence-electron chi connectivity index (χ1n) is 9.19. The number of nitrogens with zero attached hydrogens (tertiary/aromatic N) is 3. The molecule has 140 valence electrons. The zero-order chi connectivity index (χ0) is 18.1. The average Bonchev–Trinajstić information content (AvgIpc) is 3.34. The van der Waals surface area contributed by atoms with E-state index in [-0.39, 0.29) is 17.2 Å². The lowest BCUT2D eigenvalue weighted by Crippen LogP contribution is -2.45. The van der Waals surface area contributed by atoms with E-state index in [1.807, 2.05) is 0 Å². The molecule has 3 fully saturated rings. The molecule has 3 saturated heterocycles. The van der Waals surface area contributed by atoms with Gasteiger partial charge in [0.1, 0.15) is 5.56 Å². The van der Waals surface area contributed by atoms with E-state index in [1.54, 1.807) is 17.0 Å². The van der Waals surface area contributed by atoms with Crippen LogP contribution in [0.25, 0.3) is 0 Å². The number of carbonyl (C=O) groups excluding carboxylic acids is 1. The van der Waals surface area contributed by atoms with Gasteiger partial charge in [-0.1, -0.05) is 0 Å². The maximum Gasteiger partial charge on any atom is 0.282 e. The zero-order valence-corrected chi connectivity index (χ0v) is 14.7. The lowest BCUT2D eigenvalue weighted by Gasteiger charge is -2.38. The lowest BCUT2D eigenvalue weighted by atomic mass is 10.0. The van der Waals surface area contributed by atoms with E-state index in [2.05, 4.69) is 4.90 Å². The molecule has 1 aromatic carbocycles. The fourth-order valence-electron chi connectivity index (χ4n) is 4.03. The van der Waals surface area contributed by atoms with Crippen LogP contribution in [-0.4, -0.2) is 60.9 Å². The average molecular weight is 361 g/mol. The number of anilines is 1. The second-order valence-electron chi connectivity index (χ2n) is 7.05. The van der Waals surface area contributed by atoms with Crippen molar-refractivity contribution < 1.29 is 19.2 Å². The van der Waals surface area contributed by atoms with Crippen LogP contribution < -0.4 is 4.90 Å². The minimum Gasteiger partial charge on any atom is -0.371 e. The normalized spacial score (nSPS) is 22.2. The molecule has 0 unspecified atom stereocenters. The molecule has 1 amide bonds. The molecule has 0 radical (unpaired) electrons. The number of hydrogen-bond acceptors (Lipinski definition) is 6. The van der Waals surface area contributed by atoms with E-state index in [4.69, 9.17) is 9.47 Å². The number of likely N-dealkylation sites (tertiary alicyclic amines) is 1. The number of piperidine rings is 1. The molecule has 3 heterocycles. The molecule has 4 rings (SSSR count). The van der Waals surface area contributed by atoms with Crippen LogP contribution in [0.15, 0.2) is 18.2 Å². The van der Waals surface area contributed by atoms with Gasteiger partial charge in [0, 0.05) is 50.8 Å². The van der Waals surface area contributed by atoms with Gasteiger partial charge in [0.25, 0.3) is 11.6 Å². The minimum absolute atomic E-state index is 0.124. The smallest absolute Gasteiger partial charge is 0.282 e. The van der Waals surface area contributed by atoms with Crippen LogP contribution in [0, 0.1) is 10.1 Å². The molecular weight excluding hydrogens is 338 g/mol. The Bertz CT molecular complexity index is 701. The predicted molar refractivity (Wildman–Crippen MR) is 94.3 cm³/mol. The highest BCUT2D eigenvalue weighted by molar-refractivity contribution is 5.99. The second-order valence-corrected chi connectivity index (χ2v) is 7.05. The van der Waals surface area contributed by atoms with Gasteiger partial charge in [-0.25, -0.2) is 0 Å². The molecule has 0 bridgehead atoms. The van der Waals surface area contributed by atoms with Crippen LogP contribution in [0.3, 0.4) is 0 Å². The molecule has 8 nitrogen and oxygen atoms in total. The van der Waals surface area contributed by atoms with Gasteiger partial charge in [-0.3, -0.25) is 14.9 Å². The fraction of sp³-hybridized carbons (Fsp3) is 0.611. The molecule has 8 heteroatoms. The summed E-state index contributed by atoms with van der Waals surface area (Å²) in [5.74, 6) is -0.710. The van der Waals surface area contributed by atoms with Crippen LogP contribution in [0.1, 0.15) is 36.0 Å². The van der Waals surface area contributed by atoms with Crippen molar-refractivity contribution in [2.24, 2.45) is 0 Å². The summed E-state index contributed by atoms with van der Waals surface area (Å²) in [5, 5.41) is 11.4. The maximum absolute atomic E-state index is 12.8. The molecule has 3 aliphatic rings. The Balaban J connectivity index is 1.56. The second kappa shape index (κ2) is 6.85. The zero-order valence-electron chi connectivity index (χ0n) is 14.7. The van der Waals surface area contributed by atoms with E-state index in [0.29, 0.717) is 26.3 Å². The molecule has 0 atom stereocenters. The first kappa shape index (κ1) is 17.2. The fourth-order valence-corrected chi connectivity index (χ4v) is 4.03. The van der Waals surface area contributed by atoms with Crippen LogP contribution in [0.4, 0.5) is 11.4 Å². The third-order valence-corrected chi connectivity index (χ3v) is 5.50. The Labute approximate surface area is 151 Å². The van der Waals surface area contributed by atoms with Gasteiger partial charge >= 0.3 is 0 Å². The molecular formula is C18H23N3O5. The summed E-state index contributed by atoms with van der Waals surface area (Å²) < 4.78 is 11.5. The summed E-state index contributed by atoms with van der Waals surface area (Å²) in [6, 6.07) is 4.85. The summed E-state index contributed by atoms with van der Waals surface area (Å²) in [6.07, 6.45) is 3.40. The SMILES string of the molecule is O=C(c1cc(N2CCC3(CC2)OCCO3)ccc1[N+](=O)[O-])N1CCCC1. The number of nitro groups is 1. The molecule has 1 aromatic rings. The van der Waals surface area contributed by atoms with Crippen molar-refractivity contribution in [2.75, 3.05) is 44.3 Å². The van der Waals surface area contributed by atoms with Crippen molar-refractivity contribution in [3.63, 3.8) is 0 Å². The molecule has 0 N–H and O–H groups in total. The number of amides is 1. The topological polar surface area (TPSA) is 85.1 Å². The standard InChI is InChI=1S/C18H23N3O5/c22-17(20-7-1-2-8-20)15-13-14(3-4-16(15)21(23)24)19-9-5-18(6-10-19)25-11-12-26-18/h3-4,13H,1-2,5-12H2. The van der Waals surface area contributed by atoms with Crippen LogP contribution >= 0.6 is 0 Å². The summed E-state index contributed by atoms with van der Waals surface area (Å²) >= 11 is 0. The summed E-state index contributed by atoms with van der Waals surface area (Å²) in [5.41, 5.74) is 0.899. The number of hydrogen-bond donors (Lipinski definition) is 0. The van der Waals surface area contributed by atoms with Crippen LogP contribution in [-0.2, 0) is 9.47 Å². The first-order chi connectivity index (χ1) is 12.6. The molecule has 0 aliphatic carbocycles. The Morgan fingerprint density at radius 2 is 1.73 bits per heavy atom. The van der Waals surface area contributed by atoms with Gasteiger partial charge in [-0.2, -0.15) is 0 Å². The van der Waals surface area contributed by atoms with Gasteiger partial charge in [-0.15, -0.1) is 0 Å². The van der Waals surface area contributed by atoms with Crippen molar-refractivity contribution in [3.05, 3.63) is 33.9 Å². The van der Waals surface area contributed by atoms with Gasteiger partial charge in [0.2, 0.25) is 0 Å². The highest BCUT2D eigenvalue weighted by atomic mass is 16.7. The number of nitro benzene ring substituents is 1. The Morgan fingerprint density at radius 3 is 2.35 bits per heavy atom. The molecule has 26 heavy (non-hydrogen) atoms. The highest BCUT2D eigenvalue weighted by Gasteiger charge is 2.40. The van der Waals surface area contributed by atoms with Gasteiger partial charge in [-0.05, 0) is 25.0 Å². The monoisotopic (exact) mass is 361 g/mol. The van der Waals surface area contributed by atoms with E-state index in [0.717, 1.165) is 44.5 Å². The van der Waals surface area contributed by atoms with Crippen LogP contribution in [0.5, 0.6) is 0 Å². The van der Waals surface area contributed by atoms with Gasteiger partial charge in [0.15, 0.2) is 5.79 Å². The van der Waals surface area contributed by atoms with Gasteiger partial charge < -0.3 is 19.3 Å². The third kappa shape index (κ3) is 3.14. The molecule has 0 aromatic heterocycles. The summed E-state index contributed by atoms with van der Waals surface area (Å²) in [7, 11) is 0. The Kier molecular flexibility index (Phi) is 4.54. The number of benzene rings is 1. The minimum atomic E-state index is -0.474. The molecule has 1 spiro atoms. The summed E-state index contributed by atoms with van der Waals surface area (Å²) in [4.78, 5) is 27.5. The Hall–Kier alpha value is -2.19. The quantitative estimate of drug-likeness (QED) is 0.606. The molecule has 3 aliphatic heterocycles. The van der Waals surface area contributed by atoms with E-state index >= 15 is 0 Å². The van der Waals surface area contributed by atoms with Crippen molar-refractivity contribution in [2.45, 2.75) is 31.5 Å². The Morgan fingerprint density at radius 1 is 1.08 bits per heavy atom. The number of ether oxygens (including phenoxy) is 2. The number of carbonyl (C=O) groups is 1. The lowest BCUT2D eigenvalue weighted by molar-refractivity contribution is -0.385. The maximum atomic E-state index is 12.8. The highest BCUT2D eigenvalue weighted by Crippen LogP contribution is 2.34. The van der Waals surface area contributed by atoms with Crippen molar-refractivity contribution >= 4 is 17.3 Å². The third-order valence-electron chi connectivity index (χ3n) is 5.50. The summed E-state index contributed by atoms with van der Waals surface area (Å²) in [6.45, 7) is 4.06. The first-order valence-corrected chi connectivity index (χ1v) is 9.19. The van der Waals surface area contributed by atoms with E-state index in [1.165, 1.54) is 6.07 Å². The number of rotatable bonds is 3. The van der Waals surface area contributed by atoms with Crippen molar-refractivity contribution in [1.82, 2.24) is 4.90 Å². The van der Waals surface area contributed by atoms with E-state index in [9.17, 15) is 14.9 Å². The van der Waals surface area contributed by atoms with Crippen molar-refractivity contribution in [1.29, 1.82) is 0 Å².